The maximum absolute atomic E-state index is 11.1. The van der Waals surface area contributed by atoms with Crippen LogP contribution in [0.1, 0.15) is 45.2 Å². The number of rotatable bonds is 7. The van der Waals surface area contributed by atoms with E-state index in [1.807, 2.05) is 13.0 Å². The summed E-state index contributed by atoms with van der Waals surface area (Å²) < 4.78 is 5.52. The molecule has 100 valence electrons. The van der Waals surface area contributed by atoms with Gasteiger partial charge in [0.25, 0.3) is 0 Å². The predicted molar refractivity (Wildman–Crippen MR) is 75.2 cm³/mol. The van der Waals surface area contributed by atoms with Gasteiger partial charge in [-0.15, -0.1) is 0 Å². The van der Waals surface area contributed by atoms with Crippen LogP contribution in [0, 0.1) is 5.92 Å². The molecule has 0 amide bonds. The molecule has 0 aliphatic rings. The highest BCUT2D eigenvalue weighted by Crippen LogP contribution is 2.22. The van der Waals surface area contributed by atoms with Crippen LogP contribution >= 0.6 is 0 Å². The number of hydrogen-bond donors (Lipinski definition) is 0. The van der Waals surface area contributed by atoms with Gasteiger partial charge in [-0.25, -0.2) is 0 Å². The van der Waals surface area contributed by atoms with Gasteiger partial charge in [-0.1, -0.05) is 19.9 Å². The van der Waals surface area contributed by atoms with Crippen molar-refractivity contribution in [1.29, 1.82) is 0 Å². The fourth-order valence-electron chi connectivity index (χ4n) is 2.33. The molecule has 0 spiro atoms. The molecule has 0 saturated heterocycles. The van der Waals surface area contributed by atoms with Gasteiger partial charge in [0.2, 0.25) is 0 Å². The molecule has 0 bridgehead atoms. The van der Waals surface area contributed by atoms with E-state index >= 15 is 0 Å². The van der Waals surface area contributed by atoms with Crippen LogP contribution in [0.5, 0.6) is 5.75 Å². The third-order valence-corrected chi connectivity index (χ3v) is 3.07. The topological polar surface area (TPSA) is 26.3 Å². The molecule has 0 aliphatic heterocycles. The lowest BCUT2D eigenvalue weighted by Crippen LogP contribution is -2.07. The predicted octanol–water partition coefficient (Wildman–Crippen LogP) is 3.81. The Labute approximate surface area is 110 Å². The molecule has 0 N–H and O–H groups in total. The Bertz CT molecular complexity index is 396. The quantitative estimate of drug-likeness (QED) is 0.733. The number of carbonyl (C=O) groups is 1. The van der Waals surface area contributed by atoms with E-state index in [1.165, 1.54) is 11.1 Å². The lowest BCUT2D eigenvalue weighted by molar-refractivity contribution is -0.117. The maximum atomic E-state index is 11.1. The van der Waals surface area contributed by atoms with Gasteiger partial charge in [0.15, 0.2) is 0 Å². The number of ether oxygens (including phenoxy) is 1. The first-order valence-corrected chi connectivity index (χ1v) is 6.80. The molecule has 0 saturated carbocycles. The van der Waals surface area contributed by atoms with Gasteiger partial charge in [0, 0.05) is 6.42 Å². The number of hydrogen-bond acceptors (Lipinski definition) is 2. The van der Waals surface area contributed by atoms with Gasteiger partial charge < -0.3 is 9.53 Å². The molecule has 0 aliphatic carbocycles. The smallest absolute Gasteiger partial charge is 0.130 e. The average Bonchev–Trinajstić information content (AvgIpc) is 2.30. The number of benzene rings is 1. The van der Waals surface area contributed by atoms with Crippen LogP contribution < -0.4 is 4.74 Å². The van der Waals surface area contributed by atoms with Gasteiger partial charge in [0.1, 0.15) is 11.5 Å². The molecule has 1 atom stereocenters. The fraction of sp³-hybridized carbons (Fsp3) is 0.562. The second kappa shape index (κ2) is 7.20. The van der Waals surface area contributed by atoms with Crippen molar-refractivity contribution >= 4 is 5.78 Å². The SMILES string of the molecule is CCOc1ccc(CC(C)CC(C)=O)c(CC)c1. The second-order valence-electron chi connectivity index (χ2n) is 4.93. The third-order valence-electron chi connectivity index (χ3n) is 3.07. The monoisotopic (exact) mass is 248 g/mol. The van der Waals surface area contributed by atoms with E-state index in [0.717, 1.165) is 18.6 Å². The lowest BCUT2D eigenvalue weighted by Gasteiger charge is -2.14. The van der Waals surface area contributed by atoms with Gasteiger partial charge in [-0.3, -0.25) is 0 Å². The first kappa shape index (κ1) is 14.7. The van der Waals surface area contributed by atoms with Crippen molar-refractivity contribution in [3.8, 4) is 5.75 Å². The van der Waals surface area contributed by atoms with Crippen molar-refractivity contribution in [3.63, 3.8) is 0 Å². The minimum absolute atomic E-state index is 0.270. The highest BCUT2D eigenvalue weighted by Gasteiger charge is 2.10. The van der Waals surface area contributed by atoms with Crippen LogP contribution in [0.25, 0.3) is 0 Å². The summed E-state index contributed by atoms with van der Waals surface area (Å²) in [6.07, 6.45) is 2.63. The standard InChI is InChI=1S/C16H24O2/c1-5-14-11-16(18-6-2)8-7-15(14)10-12(3)9-13(4)17/h7-8,11-12H,5-6,9-10H2,1-4H3. The Hall–Kier alpha value is -1.31. The van der Waals surface area contributed by atoms with E-state index in [4.69, 9.17) is 4.74 Å². The summed E-state index contributed by atoms with van der Waals surface area (Å²) in [6, 6.07) is 6.29. The molecule has 0 radical (unpaired) electrons. The Morgan fingerprint density at radius 2 is 2.00 bits per heavy atom. The molecular formula is C16H24O2. The van der Waals surface area contributed by atoms with Crippen LogP contribution in [0.2, 0.25) is 0 Å². The number of Topliss-reactive ketones (excluding diaryl/α,β-unsaturated/α-hetero) is 1. The normalized spacial score (nSPS) is 12.2. The zero-order valence-electron chi connectivity index (χ0n) is 12.0. The molecule has 1 rings (SSSR count). The average molecular weight is 248 g/mol. The van der Waals surface area contributed by atoms with E-state index in [2.05, 4.69) is 26.0 Å². The van der Waals surface area contributed by atoms with Gasteiger partial charge in [0.05, 0.1) is 6.61 Å². The summed E-state index contributed by atoms with van der Waals surface area (Å²) in [5, 5.41) is 0. The summed E-state index contributed by atoms with van der Waals surface area (Å²) in [5.41, 5.74) is 2.67. The van der Waals surface area contributed by atoms with E-state index in [-0.39, 0.29) is 5.78 Å². The molecule has 0 aromatic heterocycles. The van der Waals surface area contributed by atoms with Crippen LogP contribution in [-0.2, 0) is 17.6 Å². The maximum Gasteiger partial charge on any atom is 0.130 e. The number of carbonyl (C=O) groups excluding carboxylic acids is 1. The molecule has 18 heavy (non-hydrogen) atoms. The van der Waals surface area contributed by atoms with E-state index in [0.29, 0.717) is 18.9 Å². The van der Waals surface area contributed by atoms with Crippen molar-refractivity contribution in [1.82, 2.24) is 0 Å². The number of ketones is 1. The van der Waals surface area contributed by atoms with E-state index < -0.39 is 0 Å². The van der Waals surface area contributed by atoms with Gasteiger partial charge in [-0.05, 0) is 55.9 Å². The largest absolute Gasteiger partial charge is 0.494 e. The van der Waals surface area contributed by atoms with Crippen molar-refractivity contribution < 1.29 is 9.53 Å². The summed E-state index contributed by atoms with van der Waals surface area (Å²) in [4.78, 5) is 11.1. The van der Waals surface area contributed by atoms with Crippen molar-refractivity contribution in [2.24, 2.45) is 5.92 Å². The highest BCUT2D eigenvalue weighted by atomic mass is 16.5. The van der Waals surface area contributed by atoms with Gasteiger partial charge in [-0.2, -0.15) is 0 Å². The summed E-state index contributed by atoms with van der Waals surface area (Å²) in [7, 11) is 0. The van der Waals surface area contributed by atoms with E-state index in [9.17, 15) is 4.79 Å². The lowest BCUT2D eigenvalue weighted by atomic mass is 9.92. The Kier molecular flexibility index (Phi) is 5.90. The van der Waals surface area contributed by atoms with Crippen molar-refractivity contribution in [2.75, 3.05) is 6.61 Å². The van der Waals surface area contributed by atoms with Crippen LogP contribution in [-0.4, -0.2) is 12.4 Å². The molecule has 0 heterocycles. The molecule has 1 unspecified atom stereocenters. The van der Waals surface area contributed by atoms with Gasteiger partial charge >= 0.3 is 0 Å². The first-order chi connectivity index (χ1) is 8.56. The van der Waals surface area contributed by atoms with Crippen LogP contribution in [0.4, 0.5) is 0 Å². The summed E-state index contributed by atoms with van der Waals surface area (Å²) >= 11 is 0. The summed E-state index contributed by atoms with van der Waals surface area (Å²) in [6.45, 7) is 8.65. The third kappa shape index (κ3) is 4.52. The highest BCUT2D eigenvalue weighted by molar-refractivity contribution is 5.75. The zero-order valence-corrected chi connectivity index (χ0v) is 12.0. The summed E-state index contributed by atoms with van der Waals surface area (Å²) in [5.74, 6) is 1.62. The minimum Gasteiger partial charge on any atom is -0.494 e. The zero-order chi connectivity index (χ0) is 13.5. The molecule has 2 nitrogen and oxygen atoms in total. The second-order valence-corrected chi connectivity index (χ2v) is 4.93. The van der Waals surface area contributed by atoms with E-state index in [1.54, 1.807) is 6.92 Å². The first-order valence-electron chi connectivity index (χ1n) is 6.80. The molecule has 1 aromatic rings. The van der Waals surface area contributed by atoms with Crippen LogP contribution in [0.3, 0.4) is 0 Å². The number of aryl methyl sites for hydroxylation is 1. The molecule has 2 heteroatoms. The Morgan fingerprint density at radius 1 is 1.28 bits per heavy atom. The molecule has 1 aromatic carbocycles. The van der Waals surface area contributed by atoms with Crippen LogP contribution in [0.15, 0.2) is 18.2 Å². The Balaban J connectivity index is 2.78. The minimum atomic E-state index is 0.270. The van der Waals surface area contributed by atoms with Crippen molar-refractivity contribution in [3.05, 3.63) is 29.3 Å². The van der Waals surface area contributed by atoms with Crippen molar-refractivity contribution in [2.45, 2.75) is 47.0 Å². The molecule has 0 fully saturated rings. The molecular weight excluding hydrogens is 224 g/mol. The fourth-order valence-corrected chi connectivity index (χ4v) is 2.33. The Morgan fingerprint density at radius 3 is 2.56 bits per heavy atom.